The van der Waals surface area contributed by atoms with E-state index in [4.69, 9.17) is 4.84 Å². The van der Waals surface area contributed by atoms with Crippen molar-refractivity contribution in [3.63, 3.8) is 0 Å². The first-order valence-corrected chi connectivity index (χ1v) is 11.0. The summed E-state index contributed by atoms with van der Waals surface area (Å²) in [6.07, 6.45) is 12.3. The van der Waals surface area contributed by atoms with Crippen LogP contribution < -0.4 is 21.0 Å². The van der Waals surface area contributed by atoms with Crippen LogP contribution in [0.3, 0.4) is 0 Å². The molecular weight excluding hydrogens is 314 g/mol. The summed E-state index contributed by atoms with van der Waals surface area (Å²) in [5.74, 6) is 1.71. The van der Waals surface area contributed by atoms with Crippen molar-refractivity contribution in [2.75, 3.05) is 32.7 Å². The van der Waals surface area contributed by atoms with Crippen LogP contribution in [-0.2, 0) is 4.84 Å². The molecule has 142 valence electrons. The summed E-state index contributed by atoms with van der Waals surface area (Å²) in [4.78, 5) is 10.6. The van der Waals surface area contributed by atoms with Crippen molar-refractivity contribution in [2.24, 2.45) is 11.8 Å². The zero-order valence-corrected chi connectivity index (χ0v) is 15.6. The maximum atomic E-state index is 6.09. The van der Waals surface area contributed by atoms with E-state index in [1.54, 1.807) is 4.90 Å². The quantitative estimate of drug-likeness (QED) is 0.493. The Hall–Kier alpha value is -0.240. The molecule has 25 heavy (non-hydrogen) atoms. The number of nitrogens with one attached hydrogen (secondary N) is 3. The van der Waals surface area contributed by atoms with Gasteiger partial charge in [0.2, 0.25) is 0 Å². The first kappa shape index (κ1) is 16.9. The normalized spacial score (nSPS) is 46.1. The van der Waals surface area contributed by atoms with Gasteiger partial charge in [0, 0.05) is 50.6 Å². The fourth-order valence-corrected chi connectivity index (χ4v) is 5.77. The molecule has 0 radical (unpaired) electrons. The van der Waals surface area contributed by atoms with Crippen LogP contribution >= 0.6 is 0 Å². The summed E-state index contributed by atoms with van der Waals surface area (Å²) in [5.41, 5.74) is 3.40. The highest BCUT2D eigenvalue weighted by Gasteiger charge is 2.45. The molecule has 5 aliphatic rings. The SMILES string of the molecule is C1CCN(C2CC(C3NOC(C4CCC[NH+]4CC4CC4)N3)CC[NH2+]2)C1. The summed E-state index contributed by atoms with van der Waals surface area (Å²) >= 11 is 0. The van der Waals surface area contributed by atoms with Crippen LogP contribution in [0.4, 0.5) is 0 Å². The summed E-state index contributed by atoms with van der Waals surface area (Å²) in [6.45, 7) is 6.61. The molecule has 0 bridgehead atoms. The Morgan fingerprint density at radius 3 is 2.80 bits per heavy atom. The second kappa shape index (κ2) is 7.41. The van der Waals surface area contributed by atoms with Crippen molar-refractivity contribution < 1.29 is 15.1 Å². The Labute approximate surface area is 152 Å². The van der Waals surface area contributed by atoms with Crippen molar-refractivity contribution in [1.29, 1.82) is 0 Å². The lowest BCUT2D eigenvalue weighted by molar-refractivity contribution is -0.918. The molecule has 0 aromatic rings. The predicted molar refractivity (Wildman–Crippen MR) is 95.5 cm³/mol. The van der Waals surface area contributed by atoms with Gasteiger partial charge in [-0.05, 0) is 25.7 Å². The number of hydrogen-bond donors (Lipinski definition) is 4. The van der Waals surface area contributed by atoms with Crippen LogP contribution in [0.1, 0.15) is 51.4 Å². The van der Waals surface area contributed by atoms with Crippen molar-refractivity contribution in [1.82, 2.24) is 15.7 Å². The molecule has 5 N–H and O–H groups in total. The van der Waals surface area contributed by atoms with Crippen molar-refractivity contribution in [2.45, 2.75) is 76.0 Å². The van der Waals surface area contributed by atoms with Gasteiger partial charge in [-0.2, -0.15) is 5.48 Å². The third-order valence-electron chi connectivity index (χ3n) is 7.42. The number of rotatable bonds is 5. The second-order valence-corrected chi connectivity index (χ2v) is 9.22. The lowest BCUT2D eigenvalue weighted by Gasteiger charge is -2.35. The first-order valence-electron chi connectivity index (χ1n) is 11.0. The average Bonchev–Trinajstić information content (AvgIpc) is 3.08. The summed E-state index contributed by atoms with van der Waals surface area (Å²) in [5, 5.41) is 6.43. The van der Waals surface area contributed by atoms with Gasteiger partial charge < -0.3 is 10.2 Å². The van der Waals surface area contributed by atoms with E-state index >= 15 is 0 Å². The molecule has 0 amide bonds. The predicted octanol–water partition coefficient (Wildman–Crippen LogP) is -1.38. The number of quaternary nitrogens is 2. The Morgan fingerprint density at radius 2 is 1.96 bits per heavy atom. The molecule has 0 spiro atoms. The summed E-state index contributed by atoms with van der Waals surface area (Å²) in [6, 6.07) is 0.655. The van der Waals surface area contributed by atoms with Crippen LogP contribution in [0.15, 0.2) is 0 Å². The van der Waals surface area contributed by atoms with Gasteiger partial charge in [0.1, 0.15) is 12.2 Å². The van der Waals surface area contributed by atoms with Crippen molar-refractivity contribution in [3.05, 3.63) is 0 Å². The highest BCUT2D eigenvalue weighted by molar-refractivity contribution is 4.86. The van der Waals surface area contributed by atoms with E-state index in [-0.39, 0.29) is 6.23 Å². The molecule has 6 nitrogen and oxygen atoms in total. The highest BCUT2D eigenvalue weighted by atomic mass is 16.7. The maximum absolute atomic E-state index is 6.09. The number of hydroxylamine groups is 1. The topological polar surface area (TPSA) is 57.6 Å². The number of likely N-dealkylation sites (tertiary alicyclic amines) is 2. The lowest BCUT2D eigenvalue weighted by atomic mass is 9.92. The van der Waals surface area contributed by atoms with Gasteiger partial charge in [0.05, 0.1) is 25.8 Å². The Morgan fingerprint density at radius 1 is 1.08 bits per heavy atom. The Kier molecular flexibility index (Phi) is 5.01. The van der Waals surface area contributed by atoms with E-state index < -0.39 is 0 Å². The van der Waals surface area contributed by atoms with E-state index in [1.807, 2.05) is 0 Å². The standard InChI is InChI=1S/C19H35N5O/c1-2-10-23(9-1)17-12-15(7-8-20-17)18-21-19(25-22-18)16-4-3-11-24(16)13-14-5-6-14/h14-22H,1-13H2/p+2. The molecule has 5 rings (SSSR count). The Bertz CT molecular complexity index is 453. The molecule has 0 aromatic heterocycles. The fourth-order valence-electron chi connectivity index (χ4n) is 5.77. The van der Waals surface area contributed by atoms with Crippen molar-refractivity contribution in [3.8, 4) is 0 Å². The van der Waals surface area contributed by atoms with Gasteiger partial charge in [-0.15, -0.1) is 0 Å². The number of piperidine rings is 1. The minimum Gasteiger partial charge on any atom is -0.331 e. The summed E-state index contributed by atoms with van der Waals surface area (Å²) in [7, 11) is 0. The van der Waals surface area contributed by atoms with E-state index in [2.05, 4.69) is 21.0 Å². The largest absolute Gasteiger partial charge is 0.331 e. The van der Waals surface area contributed by atoms with Gasteiger partial charge in [-0.25, -0.2) is 0 Å². The van der Waals surface area contributed by atoms with Gasteiger partial charge in [-0.1, -0.05) is 0 Å². The Balaban J connectivity index is 1.16. The zero-order chi connectivity index (χ0) is 16.6. The number of nitrogens with two attached hydrogens (primary N) is 1. The molecule has 0 aromatic carbocycles. The van der Waals surface area contributed by atoms with Crippen molar-refractivity contribution >= 4 is 0 Å². The fraction of sp³-hybridized carbons (Fsp3) is 1.00. The minimum atomic E-state index is 0.220. The summed E-state index contributed by atoms with van der Waals surface area (Å²) < 4.78 is 0. The zero-order valence-electron chi connectivity index (χ0n) is 15.6. The molecule has 6 heteroatoms. The monoisotopic (exact) mass is 351 g/mol. The van der Waals surface area contributed by atoms with Gasteiger partial charge in [0.25, 0.3) is 0 Å². The third kappa shape index (κ3) is 3.75. The molecule has 6 unspecified atom stereocenters. The molecular formula is C19H37N5O+2. The number of nitrogens with zero attached hydrogens (tertiary/aromatic N) is 1. The number of hydrogen-bond acceptors (Lipinski definition) is 4. The van der Waals surface area contributed by atoms with Crippen LogP contribution in [0.2, 0.25) is 0 Å². The maximum Gasteiger partial charge on any atom is 0.183 e. The van der Waals surface area contributed by atoms with Crippen LogP contribution in [-0.4, -0.2) is 62.2 Å². The second-order valence-electron chi connectivity index (χ2n) is 9.22. The van der Waals surface area contributed by atoms with Crippen LogP contribution in [0.5, 0.6) is 0 Å². The van der Waals surface area contributed by atoms with E-state index in [0.29, 0.717) is 24.3 Å². The van der Waals surface area contributed by atoms with Crippen LogP contribution in [0, 0.1) is 11.8 Å². The molecule has 4 aliphatic heterocycles. The van der Waals surface area contributed by atoms with Gasteiger partial charge in [-0.3, -0.25) is 15.1 Å². The van der Waals surface area contributed by atoms with Crippen LogP contribution in [0.25, 0.3) is 0 Å². The van der Waals surface area contributed by atoms with Gasteiger partial charge >= 0.3 is 0 Å². The highest BCUT2D eigenvalue weighted by Crippen LogP contribution is 2.28. The minimum absolute atomic E-state index is 0.220. The third-order valence-corrected chi connectivity index (χ3v) is 7.42. The van der Waals surface area contributed by atoms with E-state index in [0.717, 1.165) is 5.92 Å². The molecule has 4 heterocycles. The van der Waals surface area contributed by atoms with E-state index in [9.17, 15) is 0 Å². The van der Waals surface area contributed by atoms with Gasteiger partial charge in [0.15, 0.2) is 6.23 Å². The lowest BCUT2D eigenvalue weighted by Crippen LogP contribution is -3.15. The molecule has 6 atom stereocenters. The molecule has 1 aliphatic carbocycles. The van der Waals surface area contributed by atoms with E-state index in [1.165, 1.54) is 84.1 Å². The average molecular weight is 352 g/mol. The smallest absolute Gasteiger partial charge is 0.183 e. The molecule has 4 saturated heterocycles. The molecule has 1 saturated carbocycles. The molecule has 5 fully saturated rings. The first-order chi connectivity index (χ1) is 12.4.